The molecule has 0 fully saturated rings. The molecule has 0 aliphatic rings. The maximum atomic E-state index is 11.4. The molecule has 150 valence electrons. The van der Waals surface area contributed by atoms with Gasteiger partial charge in [0.05, 0.1) is 10.5 Å². The first kappa shape index (κ1) is 23.1. The van der Waals surface area contributed by atoms with Gasteiger partial charge in [0.2, 0.25) is 0 Å². The molecule has 0 radical (unpaired) electrons. The number of aromatic carboxylic acids is 1. The Morgan fingerprint density at radius 3 is 2.32 bits per heavy atom. The van der Waals surface area contributed by atoms with E-state index >= 15 is 0 Å². The van der Waals surface area contributed by atoms with E-state index in [0.29, 0.717) is 5.56 Å². The fourth-order valence-corrected chi connectivity index (χ4v) is 3.72. The fourth-order valence-electron chi connectivity index (χ4n) is 2.05. The maximum absolute atomic E-state index is 11.4. The van der Waals surface area contributed by atoms with Crippen LogP contribution in [0.2, 0.25) is 0 Å². The van der Waals surface area contributed by atoms with E-state index in [9.17, 15) is 27.5 Å². The average Bonchev–Trinajstić information content (AvgIpc) is 2.61. The molecule has 0 spiro atoms. The van der Waals surface area contributed by atoms with Crippen LogP contribution < -0.4 is 9.67 Å². The van der Waals surface area contributed by atoms with Crippen molar-refractivity contribution in [3.63, 3.8) is 0 Å². The van der Waals surface area contributed by atoms with Crippen molar-refractivity contribution < 1.29 is 36.6 Å². The van der Waals surface area contributed by atoms with Crippen molar-refractivity contribution in [3.05, 3.63) is 63.7 Å². The van der Waals surface area contributed by atoms with Crippen molar-refractivity contribution in [2.45, 2.75) is 13.8 Å². The van der Waals surface area contributed by atoms with Gasteiger partial charge in [0.25, 0.3) is 5.69 Å². The third kappa shape index (κ3) is 6.63. The molecule has 1 atom stereocenters. The Kier molecular flexibility index (Phi) is 8.08. The van der Waals surface area contributed by atoms with Crippen LogP contribution in [0.15, 0.2) is 42.5 Å². The maximum Gasteiger partial charge on any atom is 0.335 e. The summed E-state index contributed by atoms with van der Waals surface area (Å²) < 4.78 is 24.1. The van der Waals surface area contributed by atoms with Gasteiger partial charge in [-0.15, -0.1) is 0 Å². The van der Waals surface area contributed by atoms with Crippen LogP contribution in [0.25, 0.3) is 0 Å². The molecule has 28 heavy (non-hydrogen) atoms. The minimum absolute atomic E-state index is 0.0632. The fraction of sp³-hybridized carbons (Fsp3) is 0.125. The Balaban J connectivity index is 0.000000283. The SMILES string of the molecule is CC(=O)Nc1ccccc1[As](=O)(O)OO.Cc1cc(C(=O)O)cc([N+](=O)[O-])c1. The number of hydrogen-bond acceptors (Lipinski definition) is 7. The molecule has 0 saturated heterocycles. The Hall–Kier alpha value is -2.98. The number of carboxylic acid groups (broad SMARTS) is 1. The first-order valence-electron chi connectivity index (χ1n) is 7.50. The van der Waals surface area contributed by atoms with Crippen LogP contribution in [0, 0.1) is 17.0 Å². The molecule has 11 nitrogen and oxygen atoms in total. The number of para-hydroxylation sites is 1. The van der Waals surface area contributed by atoms with Crippen molar-refractivity contribution in [1.29, 1.82) is 0 Å². The van der Waals surface area contributed by atoms with E-state index in [1.54, 1.807) is 13.0 Å². The van der Waals surface area contributed by atoms with Crippen LogP contribution in [0.1, 0.15) is 22.8 Å². The molecule has 1 amide bonds. The second-order valence-electron chi connectivity index (χ2n) is 5.42. The average molecular weight is 456 g/mol. The van der Waals surface area contributed by atoms with Gasteiger partial charge in [0.1, 0.15) is 0 Å². The number of aryl methyl sites for hydroxylation is 1. The quantitative estimate of drug-likeness (QED) is 0.224. The monoisotopic (exact) mass is 456 g/mol. The number of non-ortho nitro benzene ring substituents is 1. The van der Waals surface area contributed by atoms with Gasteiger partial charge in [-0.2, -0.15) is 0 Å². The zero-order chi connectivity index (χ0) is 21.5. The summed E-state index contributed by atoms with van der Waals surface area (Å²) in [4.78, 5) is 31.0. The number of nitrogens with zero attached hydrogens (tertiary/aromatic N) is 1. The van der Waals surface area contributed by atoms with Crippen LogP contribution in [0.4, 0.5) is 11.4 Å². The van der Waals surface area contributed by atoms with Crippen LogP contribution in [-0.4, -0.2) is 45.4 Å². The molecule has 0 heterocycles. The minimum Gasteiger partial charge on any atom is -0.478 e. The van der Waals surface area contributed by atoms with E-state index in [4.69, 9.17) is 10.4 Å². The summed E-state index contributed by atoms with van der Waals surface area (Å²) >= 11 is -4.92. The van der Waals surface area contributed by atoms with Crippen molar-refractivity contribution in [2.75, 3.05) is 5.32 Å². The minimum atomic E-state index is -4.92. The van der Waals surface area contributed by atoms with Crippen molar-refractivity contribution in [3.8, 4) is 0 Å². The summed E-state index contributed by atoms with van der Waals surface area (Å²) in [5, 5.41) is 29.6. The predicted molar refractivity (Wildman–Crippen MR) is 97.5 cm³/mol. The predicted octanol–water partition coefficient (Wildman–Crippen LogP) is 1.30. The number of anilines is 1. The number of benzene rings is 2. The second kappa shape index (κ2) is 9.81. The number of rotatable bonds is 5. The molecular weight excluding hydrogens is 439 g/mol. The van der Waals surface area contributed by atoms with Crippen LogP contribution in [0.5, 0.6) is 0 Å². The summed E-state index contributed by atoms with van der Waals surface area (Å²) in [7, 11) is 0. The Morgan fingerprint density at radius 2 is 1.82 bits per heavy atom. The van der Waals surface area contributed by atoms with Gasteiger partial charge in [-0.3, -0.25) is 10.1 Å². The van der Waals surface area contributed by atoms with E-state index in [-0.39, 0.29) is 27.2 Å². The third-order valence-electron chi connectivity index (χ3n) is 3.15. The zero-order valence-electron chi connectivity index (χ0n) is 14.7. The molecular formula is C16H17AsN2O9. The van der Waals surface area contributed by atoms with Gasteiger partial charge in [-0.25, -0.2) is 4.79 Å². The molecule has 0 bridgehead atoms. The third-order valence-corrected chi connectivity index (χ3v) is 5.71. The van der Waals surface area contributed by atoms with E-state index in [1.165, 1.54) is 37.3 Å². The molecule has 2 aromatic carbocycles. The first-order valence-corrected chi connectivity index (χ1v) is 10.8. The molecule has 2 rings (SSSR count). The number of nitro benzene ring substituents is 1. The van der Waals surface area contributed by atoms with Gasteiger partial charge in [-0.05, 0) is 18.6 Å². The summed E-state index contributed by atoms with van der Waals surface area (Å²) in [6.07, 6.45) is 0. The zero-order valence-corrected chi connectivity index (χ0v) is 16.6. The largest absolute Gasteiger partial charge is 0.478 e. The summed E-state index contributed by atoms with van der Waals surface area (Å²) in [5.41, 5.74) is 0.458. The molecule has 0 aliphatic carbocycles. The number of carboxylic acids is 1. The molecule has 2 aromatic rings. The molecule has 12 heteroatoms. The Labute approximate surface area is 161 Å². The topological polar surface area (TPSA) is 176 Å². The number of carbonyl (C=O) groups is 2. The summed E-state index contributed by atoms with van der Waals surface area (Å²) in [5.74, 6) is -1.54. The van der Waals surface area contributed by atoms with Crippen molar-refractivity contribution >= 4 is 41.8 Å². The standard InChI is InChI=1S/C8H10AsNO5.C8H7NO4/c1-6(11)10-8-5-3-2-4-7(8)9(12,13)15-14;1-5-2-6(8(10)11)4-7(3-5)9(12)13/h2-5,14H,1H3,(H,10,11)(H,12,13);2-4H,1H3,(H,10,11). The number of hydrogen-bond donors (Lipinski definition) is 4. The van der Waals surface area contributed by atoms with E-state index < -0.39 is 25.1 Å². The number of carbonyl (C=O) groups excluding carboxylic acids is 1. The van der Waals surface area contributed by atoms with Gasteiger partial charge in [0, 0.05) is 12.1 Å². The van der Waals surface area contributed by atoms with E-state index in [1.807, 2.05) is 0 Å². The number of amides is 1. The number of nitrogens with one attached hydrogen (secondary N) is 1. The molecule has 4 N–H and O–H groups in total. The van der Waals surface area contributed by atoms with Crippen molar-refractivity contribution in [2.24, 2.45) is 0 Å². The van der Waals surface area contributed by atoms with Gasteiger partial charge in [0.15, 0.2) is 0 Å². The smallest absolute Gasteiger partial charge is 0.335 e. The van der Waals surface area contributed by atoms with Gasteiger partial charge >= 0.3 is 94.4 Å². The number of nitro groups is 1. The van der Waals surface area contributed by atoms with Gasteiger partial charge in [-0.1, -0.05) is 0 Å². The first-order chi connectivity index (χ1) is 13.0. The summed E-state index contributed by atoms with van der Waals surface area (Å²) in [6.45, 7) is 2.88. The van der Waals surface area contributed by atoms with Crippen molar-refractivity contribution in [1.82, 2.24) is 0 Å². The normalized spacial score (nSPS) is 12.1. The van der Waals surface area contributed by atoms with Crippen LogP contribution in [0.3, 0.4) is 0 Å². The molecule has 1 unspecified atom stereocenters. The second-order valence-corrected chi connectivity index (χ2v) is 8.96. The van der Waals surface area contributed by atoms with Crippen LogP contribution >= 0.6 is 0 Å². The Morgan fingerprint density at radius 1 is 1.21 bits per heavy atom. The molecule has 0 aliphatic heterocycles. The van der Waals surface area contributed by atoms with E-state index in [0.717, 1.165) is 6.07 Å². The summed E-state index contributed by atoms with van der Waals surface area (Å²) in [6, 6.07) is 9.59. The van der Waals surface area contributed by atoms with E-state index in [2.05, 4.69) is 9.19 Å². The molecule has 0 aromatic heterocycles. The van der Waals surface area contributed by atoms with Crippen LogP contribution in [-0.2, 0) is 12.4 Å². The van der Waals surface area contributed by atoms with Gasteiger partial charge < -0.3 is 5.11 Å². The Bertz CT molecular complexity index is 913. The molecule has 0 saturated carbocycles.